The van der Waals surface area contributed by atoms with E-state index in [1.807, 2.05) is 31.6 Å². The standard InChI is InChI=1S/C15H16FN3S/c1-19(2)14(15-7-4-8-20-15)10-18-13-6-3-5-12(16)11(13)9-17/h3-8,14,18H,10H2,1-2H3/t14-/m0/s1. The maximum Gasteiger partial charge on any atom is 0.143 e. The van der Waals surface area contributed by atoms with Gasteiger partial charge in [0.15, 0.2) is 0 Å². The van der Waals surface area contributed by atoms with Crippen LogP contribution in [0.4, 0.5) is 10.1 Å². The van der Waals surface area contributed by atoms with Crippen molar-refractivity contribution in [3.05, 3.63) is 52.0 Å². The minimum absolute atomic E-state index is 0.0659. The van der Waals surface area contributed by atoms with Gasteiger partial charge in [-0.05, 0) is 37.7 Å². The second kappa shape index (κ2) is 6.51. The molecule has 104 valence electrons. The Morgan fingerprint density at radius 3 is 2.75 bits per heavy atom. The van der Waals surface area contributed by atoms with E-state index in [0.29, 0.717) is 12.2 Å². The predicted molar refractivity (Wildman–Crippen MR) is 80.4 cm³/mol. The van der Waals surface area contributed by atoms with Gasteiger partial charge in [0.25, 0.3) is 0 Å². The Labute approximate surface area is 122 Å². The van der Waals surface area contributed by atoms with Crippen molar-refractivity contribution < 1.29 is 4.39 Å². The number of nitrogens with one attached hydrogen (secondary N) is 1. The molecule has 0 unspecified atom stereocenters. The van der Waals surface area contributed by atoms with Crippen molar-refractivity contribution in [2.75, 3.05) is 26.0 Å². The van der Waals surface area contributed by atoms with E-state index in [0.717, 1.165) is 0 Å². The minimum Gasteiger partial charge on any atom is -0.382 e. The Morgan fingerprint density at radius 2 is 2.15 bits per heavy atom. The van der Waals surface area contributed by atoms with E-state index in [4.69, 9.17) is 5.26 Å². The second-order valence-electron chi connectivity index (χ2n) is 4.65. The number of likely N-dealkylation sites (N-methyl/N-ethyl adjacent to an activating group) is 1. The molecule has 0 aliphatic rings. The van der Waals surface area contributed by atoms with E-state index in [9.17, 15) is 4.39 Å². The maximum atomic E-state index is 13.5. The van der Waals surface area contributed by atoms with Gasteiger partial charge in [0, 0.05) is 11.4 Å². The summed E-state index contributed by atoms with van der Waals surface area (Å²) in [6.07, 6.45) is 0. The van der Waals surface area contributed by atoms with Gasteiger partial charge in [-0.25, -0.2) is 4.39 Å². The van der Waals surface area contributed by atoms with Crippen LogP contribution in [0.1, 0.15) is 16.5 Å². The molecule has 0 aliphatic carbocycles. The SMILES string of the molecule is CN(C)[C@@H](CNc1cccc(F)c1C#N)c1cccs1. The molecule has 0 spiro atoms. The molecule has 0 saturated heterocycles. The number of nitriles is 1. The molecule has 0 bridgehead atoms. The summed E-state index contributed by atoms with van der Waals surface area (Å²) >= 11 is 1.69. The van der Waals surface area contributed by atoms with E-state index >= 15 is 0 Å². The Kier molecular flexibility index (Phi) is 4.72. The molecule has 1 aromatic carbocycles. The molecule has 1 atom stereocenters. The lowest BCUT2D eigenvalue weighted by Gasteiger charge is -2.24. The third-order valence-corrected chi connectivity index (χ3v) is 4.08. The normalized spacial score (nSPS) is 12.2. The molecule has 2 rings (SSSR count). The van der Waals surface area contributed by atoms with Gasteiger partial charge in [0.05, 0.1) is 11.7 Å². The highest BCUT2D eigenvalue weighted by molar-refractivity contribution is 7.10. The van der Waals surface area contributed by atoms with E-state index in [1.54, 1.807) is 23.5 Å². The fourth-order valence-electron chi connectivity index (χ4n) is 2.01. The molecular formula is C15H16FN3S. The smallest absolute Gasteiger partial charge is 0.143 e. The summed E-state index contributed by atoms with van der Waals surface area (Å²) in [5, 5.41) is 14.2. The molecule has 1 heterocycles. The Morgan fingerprint density at radius 1 is 1.35 bits per heavy atom. The highest BCUT2D eigenvalue weighted by Gasteiger charge is 2.16. The van der Waals surface area contributed by atoms with Crippen LogP contribution in [0.3, 0.4) is 0 Å². The zero-order chi connectivity index (χ0) is 14.5. The summed E-state index contributed by atoms with van der Waals surface area (Å²) in [6, 6.07) is 10.8. The summed E-state index contributed by atoms with van der Waals surface area (Å²) in [5.41, 5.74) is 0.604. The molecular weight excluding hydrogens is 273 g/mol. The van der Waals surface area contributed by atoms with Crippen molar-refractivity contribution >= 4 is 17.0 Å². The highest BCUT2D eigenvalue weighted by Crippen LogP contribution is 2.25. The number of thiophene rings is 1. The summed E-state index contributed by atoms with van der Waals surface area (Å²) in [7, 11) is 4.01. The molecule has 5 heteroatoms. The summed E-state index contributed by atoms with van der Waals surface area (Å²) < 4.78 is 13.5. The fraction of sp³-hybridized carbons (Fsp3) is 0.267. The number of hydrogen-bond acceptors (Lipinski definition) is 4. The topological polar surface area (TPSA) is 39.1 Å². The Hall–Kier alpha value is -1.90. The van der Waals surface area contributed by atoms with Crippen LogP contribution in [0.5, 0.6) is 0 Å². The summed E-state index contributed by atoms with van der Waals surface area (Å²) in [6.45, 7) is 0.617. The molecule has 0 saturated carbocycles. The lowest BCUT2D eigenvalue weighted by atomic mass is 10.1. The molecule has 0 fully saturated rings. The zero-order valence-electron chi connectivity index (χ0n) is 11.4. The van der Waals surface area contributed by atoms with Gasteiger partial charge in [-0.15, -0.1) is 11.3 Å². The van der Waals surface area contributed by atoms with E-state index < -0.39 is 5.82 Å². The van der Waals surface area contributed by atoms with E-state index in [1.165, 1.54) is 10.9 Å². The third kappa shape index (κ3) is 3.16. The van der Waals surface area contributed by atoms with Gasteiger partial charge < -0.3 is 10.2 Å². The first-order valence-corrected chi connectivity index (χ1v) is 7.13. The van der Waals surface area contributed by atoms with Gasteiger partial charge in [0.1, 0.15) is 17.4 Å². The van der Waals surface area contributed by atoms with Crippen molar-refractivity contribution in [1.29, 1.82) is 5.26 Å². The number of hydrogen-bond donors (Lipinski definition) is 1. The first-order valence-electron chi connectivity index (χ1n) is 6.25. The van der Waals surface area contributed by atoms with Gasteiger partial charge in [-0.1, -0.05) is 12.1 Å². The van der Waals surface area contributed by atoms with Gasteiger partial charge >= 0.3 is 0 Å². The highest BCUT2D eigenvalue weighted by atomic mass is 32.1. The molecule has 0 radical (unpaired) electrons. The predicted octanol–water partition coefficient (Wildman–Crippen LogP) is 3.47. The van der Waals surface area contributed by atoms with Crippen LogP contribution in [0.2, 0.25) is 0 Å². The molecule has 2 aromatic rings. The third-order valence-electron chi connectivity index (χ3n) is 3.11. The van der Waals surface area contributed by atoms with Gasteiger partial charge in [-0.2, -0.15) is 5.26 Å². The Bertz CT molecular complexity index is 602. The van der Waals surface area contributed by atoms with E-state index in [-0.39, 0.29) is 11.6 Å². The van der Waals surface area contributed by atoms with Crippen LogP contribution in [0.25, 0.3) is 0 Å². The largest absolute Gasteiger partial charge is 0.382 e. The average Bonchev–Trinajstić information content (AvgIpc) is 2.92. The molecule has 1 aromatic heterocycles. The summed E-state index contributed by atoms with van der Waals surface area (Å²) in [4.78, 5) is 3.34. The molecule has 20 heavy (non-hydrogen) atoms. The Balaban J connectivity index is 2.15. The lowest BCUT2D eigenvalue weighted by molar-refractivity contribution is 0.316. The first-order chi connectivity index (χ1) is 9.63. The molecule has 0 amide bonds. The molecule has 3 nitrogen and oxygen atoms in total. The van der Waals surface area contributed by atoms with E-state index in [2.05, 4.69) is 16.3 Å². The number of benzene rings is 1. The monoisotopic (exact) mass is 289 g/mol. The zero-order valence-corrected chi connectivity index (χ0v) is 12.2. The van der Waals surface area contributed by atoms with Crippen molar-refractivity contribution in [2.24, 2.45) is 0 Å². The molecule has 1 N–H and O–H groups in total. The van der Waals surface area contributed by atoms with Crippen LogP contribution in [0, 0.1) is 17.1 Å². The number of halogens is 1. The van der Waals surface area contributed by atoms with Crippen LogP contribution in [-0.2, 0) is 0 Å². The summed E-state index contributed by atoms with van der Waals surface area (Å²) in [5.74, 6) is -0.491. The van der Waals surface area contributed by atoms with Crippen molar-refractivity contribution in [3.8, 4) is 6.07 Å². The van der Waals surface area contributed by atoms with Crippen molar-refractivity contribution in [3.63, 3.8) is 0 Å². The van der Waals surface area contributed by atoms with Crippen molar-refractivity contribution in [1.82, 2.24) is 4.90 Å². The van der Waals surface area contributed by atoms with Crippen LogP contribution < -0.4 is 5.32 Å². The number of rotatable bonds is 5. The van der Waals surface area contributed by atoms with Crippen molar-refractivity contribution in [2.45, 2.75) is 6.04 Å². The molecule has 0 aliphatic heterocycles. The van der Waals surface area contributed by atoms with Gasteiger partial charge in [0.2, 0.25) is 0 Å². The maximum absolute atomic E-state index is 13.5. The first kappa shape index (κ1) is 14.5. The van der Waals surface area contributed by atoms with Crippen LogP contribution in [-0.4, -0.2) is 25.5 Å². The quantitative estimate of drug-likeness (QED) is 0.916. The average molecular weight is 289 g/mol. The second-order valence-corrected chi connectivity index (χ2v) is 5.63. The minimum atomic E-state index is -0.491. The van der Waals surface area contributed by atoms with Gasteiger partial charge in [-0.3, -0.25) is 0 Å². The van der Waals surface area contributed by atoms with Crippen LogP contribution >= 0.6 is 11.3 Å². The van der Waals surface area contributed by atoms with Crippen LogP contribution in [0.15, 0.2) is 35.7 Å². The fourth-order valence-corrected chi connectivity index (χ4v) is 2.93. The number of nitrogens with zero attached hydrogens (tertiary/aromatic N) is 2. The number of anilines is 1. The lowest BCUT2D eigenvalue weighted by Crippen LogP contribution is -2.26.